The number of methoxy groups -OCH3 is 1. The fraction of sp³-hybridized carbons (Fsp3) is 0.211. The van der Waals surface area contributed by atoms with E-state index in [1.54, 1.807) is 30.3 Å². The molecule has 2 amide bonds. The summed E-state index contributed by atoms with van der Waals surface area (Å²) in [5, 5.41) is 5.88. The van der Waals surface area contributed by atoms with Crippen molar-refractivity contribution in [3.63, 3.8) is 0 Å². The third-order valence-corrected chi connectivity index (χ3v) is 4.79. The third-order valence-electron chi connectivity index (χ3n) is 3.67. The minimum absolute atomic E-state index is 0.143. The Morgan fingerprint density at radius 3 is 2.31 bits per heavy atom. The minimum Gasteiger partial charge on any atom is -0.465 e. The van der Waals surface area contributed by atoms with Crippen LogP contribution in [0.4, 0.5) is 10.7 Å². The predicted molar refractivity (Wildman–Crippen MR) is 104 cm³/mol. The molecule has 0 atom stereocenters. The maximum atomic E-state index is 12.2. The first-order chi connectivity index (χ1) is 12.3. The standard InChI is InChI=1S/C19H20N2O4S/c1-11-12(2)26-18(17(11)19(24)25-4)21-16(23)10-7-14-5-8-15(9-6-14)20-13(3)22/h5-10H,1-4H3,(H,20,22)(H,21,23)/b10-7+. The zero-order valence-corrected chi connectivity index (χ0v) is 15.8. The molecular formula is C19H20N2O4S. The van der Waals surface area contributed by atoms with Crippen molar-refractivity contribution in [1.29, 1.82) is 0 Å². The topological polar surface area (TPSA) is 84.5 Å². The lowest BCUT2D eigenvalue weighted by Crippen LogP contribution is -2.11. The number of thiophene rings is 1. The highest BCUT2D eigenvalue weighted by atomic mass is 32.1. The van der Waals surface area contributed by atoms with E-state index in [1.165, 1.54) is 31.4 Å². The van der Waals surface area contributed by atoms with Crippen molar-refractivity contribution >= 4 is 45.9 Å². The van der Waals surface area contributed by atoms with Gasteiger partial charge in [0.25, 0.3) is 0 Å². The van der Waals surface area contributed by atoms with Gasteiger partial charge >= 0.3 is 5.97 Å². The lowest BCUT2D eigenvalue weighted by Gasteiger charge is -2.04. The van der Waals surface area contributed by atoms with E-state index in [9.17, 15) is 14.4 Å². The number of esters is 1. The summed E-state index contributed by atoms with van der Waals surface area (Å²) < 4.78 is 4.79. The van der Waals surface area contributed by atoms with E-state index in [0.29, 0.717) is 16.3 Å². The summed E-state index contributed by atoms with van der Waals surface area (Å²) in [5.41, 5.74) is 2.68. The Balaban J connectivity index is 2.09. The van der Waals surface area contributed by atoms with Gasteiger partial charge in [0.1, 0.15) is 5.00 Å². The Morgan fingerprint density at radius 1 is 1.08 bits per heavy atom. The van der Waals surface area contributed by atoms with Gasteiger partial charge in [0, 0.05) is 23.6 Å². The van der Waals surface area contributed by atoms with Crippen LogP contribution in [0.2, 0.25) is 0 Å². The highest BCUT2D eigenvalue weighted by Crippen LogP contribution is 2.32. The zero-order valence-electron chi connectivity index (χ0n) is 15.0. The monoisotopic (exact) mass is 372 g/mol. The summed E-state index contributed by atoms with van der Waals surface area (Å²) in [4.78, 5) is 36.0. The van der Waals surface area contributed by atoms with Crippen LogP contribution in [0.3, 0.4) is 0 Å². The van der Waals surface area contributed by atoms with Gasteiger partial charge in [-0.2, -0.15) is 0 Å². The van der Waals surface area contributed by atoms with Gasteiger partial charge in [-0.05, 0) is 43.2 Å². The zero-order chi connectivity index (χ0) is 19.3. The molecule has 0 aliphatic carbocycles. The van der Waals surface area contributed by atoms with E-state index in [1.807, 2.05) is 13.8 Å². The summed E-state index contributed by atoms with van der Waals surface area (Å²) in [6.45, 7) is 5.14. The second-order valence-corrected chi connectivity index (χ2v) is 6.83. The fourth-order valence-electron chi connectivity index (χ4n) is 2.27. The normalized spacial score (nSPS) is 10.6. The molecule has 0 unspecified atom stereocenters. The second kappa shape index (κ2) is 8.44. The van der Waals surface area contributed by atoms with Gasteiger partial charge in [-0.1, -0.05) is 12.1 Å². The summed E-state index contributed by atoms with van der Waals surface area (Å²) in [6, 6.07) is 7.07. The first-order valence-electron chi connectivity index (χ1n) is 7.87. The van der Waals surface area contributed by atoms with Crippen LogP contribution in [0.25, 0.3) is 6.08 Å². The highest BCUT2D eigenvalue weighted by Gasteiger charge is 2.20. The van der Waals surface area contributed by atoms with E-state index < -0.39 is 5.97 Å². The minimum atomic E-state index is -0.473. The Labute approximate surface area is 155 Å². The number of nitrogens with one attached hydrogen (secondary N) is 2. The van der Waals surface area contributed by atoms with E-state index in [-0.39, 0.29) is 11.8 Å². The molecule has 0 spiro atoms. The van der Waals surface area contributed by atoms with Gasteiger partial charge < -0.3 is 15.4 Å². The summed E-state index contributed by atoms with van der Waals surface area (Å²) in [5.74, 6) is -0.961. The molecule has 26 heavy (non-hydrogen) atoms. The Hall–Kier alpha value is -2.93. The number of carbonyl (C=O) groups excluding carboxylic acids is 3. The third kappa shape index (κ3) is 4.80. The predicted octanol–water partition coefficient (Wildman–Crippen LogP) is 3.76. The van der Waals surface area contributed by atoms with Gasteiger partial charge in [-0.15, -0.1) is 11.3 Å². The highest BCUT2D eigenvalue weighted by molar-refractivity contribution is 7.16. The van der Waals surface area contributed by atoms with Crippen molar-refractivity contribution in [2.75, 3.05) is 17.7 Å². The first-order valence-corrected chi connectivity index (χ1v) is 8.68. The van der Waals surface area contributed by atoms with Crippen molar-refractivity contribution in [2.24, 2.45) is 0 Å². The van der Waals surface area contributed by atoms with E-state index >= 15 is 0 Å². The number of hydrogen-bond acceptors (Lipinski definition) is 5. The van der Waals surface area contributed by atoms with Crippen LogP contribution in [0.15, 0.2) is 30.3 Å². The van der Waals surface area contributed by atoms with Crippen LogP contribution in [0, 0.1) is 13.8 Å². The molecule has 1 aromatic carbocycles. The number of rotatable bonds is 5. The SMILES string of the molecule is COC(=O)c1c(NC(=O)/C=C/c2ccc(NC(C)=O)cc2)sc(C)c1C. The summed E-state index contributed by atoms with van der Waals surface area (Å²) in [6.07, 6.45) is 3.04. The number of ether oxygens (including phenoxy) is 1. The van der Waals surface area contributed by atoms with Crippen LogP contribution in [0.5, 0.6) is 0 Å². The van der Waals surface area contributed by atoms with Crippen molar-refractivity contribution in [2.45, 2.75) is 20.8 Å². The molecule has 2 rings (SSSR count). The van der Waals surface area contributed by atoms with E-state index in [2.05, 4.69) is 10.6 Å². The first kappa shape index (κ1) is 19.4. The molecule has 0 bridgehead atoms. The molecule has 1 aromatic heterocycles. The van der Waals surface area contributed by atoms with Gasteiger partial charge in [0.15, 0.2) is 0 Å². The average molecular weight is 372 g/mol. The van der Waals surface area contributed by atoms with Crippen LogP contribution in [-0.4, -0.2) is 24.9 Å². The molecule has 136 valence electrons. The number of hydrogen-bond donors (Lipinski definition) is 2. The molecule has 0 saturated carbocycles. The van der Waals surface area contributed by atoms with Gasteiger partial charge in [0.2, 0.25) is 11.8 Å². The van der Waals surface area contributed by atoms with Crippen molar-refractivity contribution in [1.82, 2.24) is 0 Å². The largest absolute Gasteiger partial charge is 0.465 e. The summed E-state index contributed by atoms with van der Waals surface area (Å²) >= 11 is 1.34. The molecule has 1 heterocycles. The van der Waals surface area contributed by atoms with Gasteiger partial charge in [-0.25, -0.2) is 4.79 Å². The Kier molecular flexibility index (Phi) is 6.30. The summed E-state index contributed by atoms with van der Waals surface area (Å²) in [7, 11) is 1.31. The van der Waals surface area contributed by atoms with Crippen molar-refractivity contribution in [3.8, 4) is 0 Å². The molecular weight excluding hydrogens is 352 g/mol. The maximum absolute atomic E-state index is 12.2. The Morgan fingerprint density at radius 2 is 1.73 bits per heavy atom. The molecule has 0 aliphatic rings. The molecule has 2 N–H and O–H groups in total. The van der Waals surface area contributed by atoms with E-state index in [0.717, 1.165) is 16.0 Å². The quantitative estimate of drug-likeness (QED) is 0.618. The Bertz CT molecular complexity index is 866. The maximum Gasteiger partial charge on any atom is 0.341 e. The lowest BCUT2D eigenvalue weighted by atomic mass is 10.1. The molecule has 6 nitrogen and oxygen atoms in total. The number of anilines is 2. The van der Waals surface area contributed by atoms with Crippen LogP contribution in [-0.2, 0) is 14.3 Å². The number of aryl methyl sites for hydroxylation is 1. The molecule has 2 aromatic rings. The molecule has 0 saturated heterocycles. The second-order valence-electron chi connectivity index (χ2n) is 5.60. The van der Waals surface area contributed by atoms with E-state index in [4.69, 9.17) is 4.74 Å². The number of amides is 2. The molecule has 0 aliphatic heterocycles. The molecule has 7 heteroatoms. The number of benzene rings is 1. The molecule has 0 radical (unpaired) electrons. The van der Waals surface area contributed by atoms with Crippen LogP contribution >= 0.6 is 11.3 Å². The van der Waals surface area contributed by atoms with Gasteiger partial charge in [0.05, 0.1) is 12.7 Å². The average Bonchev–Trinajstić information content (AvgIpc) is 2.87. The molecule has 0 fully saturated rings. The number of carbonyl (C=O) groups is 3. The van der Waals surface area contributed by atoms with Gasteiger partial charge in [-0.3, -0.25) is 9.59 Å². The smallest absolute Gasteiger partial charge is 0.341 e. The van der Waals surface area contributed by atoms with Crippen LogP contribution < -0.4 is 10.6 Å². The van der Waals surface area contributed by atoms with Crippen molar-refractivity contribution in [3.05, 3.63) is 51.9 Å². The van der Waals surface area contributed by atoms with Crippen molar-refractivity contribution < 1.29 is 19.1 Å². The fourth-order valence-corrected chi connectivity index (χ4v) is 3.32. The lowest BCUT2D eigenvalue weighted by molar-refractivity contribution is -0.114. The van der Waals surface area contributed by atoms with Crippen LogP contribution in [0.1, 0.15) is 33.3 Å².